The van der Waals surface area contributed by atoms with Crippen LogP contribution in [0, 0.1) is 5.92 Å². The summed E-state index contributed by atoms with van der Waals surface area (Å²) in [6.07, 6.45) is 0. The van der Waals surface area contributed by atoms with Gasteiger partial charge in [0.2, 0.25) is 0 Å². The third-order valence-electron chi connectivity index (χ3n) is 3.77. The molecule has 2 aromatic rings. The van der Waals surface area contributed by atoms with Crippen LogP contribution < -0.4 is 5.32 Å². The minimum atomic E-state index is -0.373. The highest BCUT2D eigenvalue weighted by Crippen LogP contribution is 2.18. The Morgan fingerprint density at radius 2 is 1.57 bits per heavy atom. The summed E-state index contributed by atoms with van der Waals surface area (Å²) in [5.74, 6) is -0.713. The lowest BCUT2D eigenvalue weighted by atomic mass is 9.93. The van der Waals surface area contributed by atoms with Crippen molar-refractivity contribution in [1.82, 2.24) is 5.32 Å². The first kappa shape index (κ1) is 17.5. The molecule has 3 nitrogen and oxygen atoms in total. The molecule has 0 radical (unpaired) electrons. The van der Waals surface area contributed by atoms with Crippen LogP contribution >= 0.6 is 23.2 Å². The highest BCUT2D eigenvalue weighted by molar-refractivity contribution is 6.33. The van der Waals surface area contributed by atoms with Gasteiger partial charge in [0.15, 0.2) is 5.78 Å². The lowest BCUT2D eigenvalue weighted by Crippen LogP contribution is -2.40. The molecule has 2 unspecified atom stereocenters. The number of hydrogen-bond donors (Lipinski definition) is 1. The van der Waals surface area contributed by atoms with E-state index in [9.17, 15) is 9.59 Å². The number of amides is 1. The van der Waals surface area contributed by atoms with Crippen molar-refractivity contribution in [1.29, 1.82) is 0 Å². The topological polar surface area (TPSA) is 46.2 Å². The molecule has 0 spiro atoms. The molecule has 0 aromatic heterocycles. The number of carbonyl (C=O) groups excluding carboxylic acids is 2. The maximum Gasteiger partial charge on any atom is 0.253 e. The van der Waals surface area contributed by atoms with E-state index in [0.717, 1.165) is 0 Å². The Morgan fingerprint density at radius 1 is 0.957 bits per heavy atom. The average molecular weight is 350 g/mol. The standard InChI is InChI=1S/C18H17Cl2NO2/c1-11(17(22)13-7-9-14(19)10-8-13)12(2)21-18(23)15-5-3-4-6-16(15)20/h3-12H,1-2H3,(H,21,23). The van der Waals surface area contributed by atoms with E-state index in [1.54, 1.807) is 62.4 Å². The van der Waals surface area contributed by atoms with E-state index < -0.39 is 0 Å². The molecule has 0 aliphatic rings. The van der Waals surface area contributed by atoms with Crippen molar-refractivity contribution in [3.05, 3.63) is 69.7 Å². The van der Waals surface area contributed by atoms with Gasteiger partial charge in [-0.15, -0.1) is 0 Å². The van der Waals surface area contributed by atoms with Crippen molar-refractivity contribution in [2.24, 2.45) is 5.92 Å². The molecular formula is C18H17Cl2NO2. The molecule has 1 N–H and O–H groups in total. The molecule has 0 heterocycles. The van der Waals surface area contributed by atoms with Crippen LogP contribution in [0.1, 0.15) is 34.6 Å². The highest BCUT2D eigenvalue weighted by atomic mass is 35.5. The van der Waals surface area contributed by atoms with E-state index in [1.807, 2.05) is 0 Å². The van der Waals surface area contributed by atoms with Crippen LogP contribution in [0.2, 0.25) is 10.0 Å². The predicted molar refractivity (Wildman–Crippen MR) is 93.3 cm³/mol. The van der Waals surface area contributed by atoms with Crippen LogP contribution in [0.25, 0.3) is 0 Å². The van der Waals surface area contributed by atoms with E-state index in [2.05, 4.69) is 5.32 Å². The molecule has 2 aromatic carbocycles. The van der Waals surface area contributed by atoms with Gasteiger partial charge in [-0.3, -0.25) is 9.59 Å². The van der Waals surface area contributed by atoms with Gasteiger partial charge < -0.3 is 5.32 Å². The smallest absolute Gasteiger partial charge is 0.253 e. The summed E-state index contributed by atoms with van der Waals surface area (Å²) in [6, 6.07) is 13.2. The SMILES string of the molecule is CC(NC(=O)c1ccccc1Cl)C(C)C(=O)c1ccc(Cl)cc1. The first-order chi connectivity index (χ1) is 10.9. The number of carbonyl (C=O) groups is 2. The quantitative estimate of drug-likeness (QED) is 0.799. The second-order valence-corrected chi connectivity index (χ2v) is 6.25. The predicted octanol–water partition coefficient (Wildman–Crippen LogP) is 4.63. The zero-order valence-corrected chi connectivity index (χ0v) is 14.4. The number of rotatable bonds is 5. The van der Waals surface area contributed by atoms with Gasteiger partial charge in [0.25, 0.3) is 5.91 Å². The second-order valence-electron chi connectivity index (χ2n) is 5.40. The fourth-order valence-corrected chi connectivity index (χ4v) is 2.51. The van der Waals surface area contributed by atoms with Gasteiger partial charge in [-0.25, -0.2) is 0 Å². The Morgan fingerprint density at radius 3 is 2.17 bits per heavy atom. The summed E-state index contributed by atoms with van der Waals surface area (Å²) in [6.45, 7) is 3.59. The normalized spacial score (nSPS) is 13.2. The number of ketones is 1. The number of benzene rings is 2. The van der Waals surface area contributed by atoms with E-state index >= 15 is 0 Å². The molecule has 2 rings (SSSR count). The molecule has 5 heteroatoms. The number of halogens is 2. The summed E-state index contributed by atoms with van der Waals surface area (Å²) in [4.78, 5) is 24.7. The van der Waals surface area contributed by atoms with Gasteiger partial charge >= 0.3 is 0 Å². The Hall–Kier alpha value is -1.84. The lowest BCUT2D eigenvalue weighted by Gasteiger charge is -2.20. The minimum absolute atomic E-state index is 0.0476. The molecule has 1 amide bonds. The summed E-state index contributed by atoms with van der Waals surface area (Å²) in [7, 11) is 0. The van der Waals surface area contributed by atoms with Gasteiger partial charge in [0, 0.05) is 22.5 Å². The van der Waals surface area contributed by atoms with Gasteiger partial charge in [0.05, 0.1) is 10.6 Å². The maximum atomic E-state index is 12.5. The van der Waals surface area contributed by atoms with Crippen molar-refractivity contribution in [3.63, 3.8) is 0 Å². The number of nitrogens with one attached hydrogen (secondary N) is 1. The van der Waals surface area contributed by atoms with Gasteiger partial charge in [-0.05, 0) is 43.3 Å². The minimum Gasteiger partial charge on any atom is -0.349 e. The van der Waals surface area contributed by atoms with Crippen molar-refractivity contribution < 1.29 is 9.59 Å². The molecule has 120 valence electrons. The summed E-state index contributed by atoms with van der Waals surface area (Å²) < 4.78 is 0. The fraction of sp³-hybridized carbons (Fsp3) is 0.222. The average Bonchev–Trinajstić information content (AvgIpc) is 2.54. The Kier molecular flexibility index (Phi) is 5.80. The number of hydrogen-bond acceptors (Lipinski definition) is 2. The molecular weight excluding hydrogens is 333 g/mol. The van der Waals surface area contributed by atoms with Crippen molar-refractivity contribution in [2.45, 2.75) is 19.9 Å². The van der Waals surface area contributed by atoms with Crippen LogP contribution in [0.15, 0.2) is 48.5 Å². The van der Waals surface area contributed by atoms with Crippen LogP contribution in [0.4, 0.5) is 0 Å². The Balaban J connectivity index is 2.06. The monoisotopic (exact) mass is 349 g/mol. The molecule has 0 bridgehead atoms. The molecule has 2 atom stereocenters. The van der Waals surface area contributed by atoms with E-state index in [0.29, 0.717) is 21.2 Å². The molecule has 0 saturated heterocycles. The summed E-state index contributed by atoms with van der Waals surface area (Å²) >= 11 is 11.8. The third kappa shape index (κ3) is 4.34. The Labute approximate surface area is 145 Å². The summed E-state index contributed by atoms with van der Waals surface area (Å²) in [5, 5.41) is 3.79. The second kappa shape index (κ2) is 7.62. The van der Waals surface area contributed by atoms with Crippen LogP contribution in [-0.2, 0) is 0 Å². The van der Waals surface area contributed by atoms with Crippen LogP contribution in [0.5, 0.6) is 0 Å². The van der Waals surface area contributed by atoms with Crippen molar-refractivity contribution in [3.8, 4) is 0 Å². The van der Waals surface area contributed by atoms with E-state index in [-0.39, 0.29) is 23.7 Å². The third-order valence-corrected chi connectivity index (χ3v) is 4.35. The molecule has 23 heavy (non-hydrogen) atoms. The van der Waals surface area contributed by atoms with Gasteiger partial charge in [0.1, 0.15) is 0 Å². The number of Topliss-reactive ketones (excluding diaryl/α,β-unsaturated/α-hetero) is 1. The molecule has 0 aliphatic carbocycles. The molecule has 0 saturated carbocycles. The maximum absolute atomic E-state index is 12.5. The first-order valence-corrected chi connectivity index (χ1v) is 8.01. The van der Waals surface area contributed by atoms with Crippen LogP contribution in [0.3, 0.4) is 0 Å². The van der Waals surface area contributed by atoms with Crippen molar-refractivity contribution in [2.75, 3.05) is 0 Å². The lowest BCUT2D eigenvalue weighted by molar-refractivity contribution is 0.0869. The Bertz CT molecular complexity index is 713. The highest BCUT2D eigenvalue weighted by Gasteiger charge is 2.23. The van der Waals surface area contributed by atoms with Gasteiger partial charge in [-0.2, -0.15) is 0 Å². The molecule has 0 fully saturated rings. The van der Waals surface area contributed by atoms with Crippen LogP contribution in [-0.4, -0.2) is 17.7 Å². The van der Waals surface area contributed by atoms with Crippen molar-refractivity contribution >= 4 is 34.9 Å². The van der Waals surface area contributed by atoms with Gasteiger partial charge in [-0.1, -0.05) is 42.3 Å². The largest absolute Gasteiger partial charge is 0.349 e. The zero-order chi connectivity index (χ0) is 17.0. The zero-order valence-electron chi connectivity index (χ0n) is 12.8. The molecule has 0 aliphatic heterocycles. The first-order valence-electron chi connectivity index (χ1n) is 7.25. The van der Waals surface area contributed by atoms with E-state index in [4.69, 9.17) is 23.2 Å². The fourth-order valence-electron chi connectivity index (χ4n) is 2.16. The summed E-state index contributed by atoms with van der Waals surface area (Å²) in [5.41, 5.74) is 0.966. The van der Waals surface area contributed by atoms with E-state index in [1.165, 1.54) is 0 Å².